The third-order valence-electron chi connectivity index (χ3n) is 4.88. The number of H-pyrrole nitrogens is 1. The highest BCUT2D eigenvalue weighted by atomic mass is 16.3. The number of hydrogen-bond acceptors (Lipinski definition) is 6. The number of anilines is 2. The second-order valence-corrected chi connectivity index (χ2v) is 6.70. The van der Waals surface area contributed by atoms with E-state index in [2.05, 4.69) is 49.7 Å². The summed E-state index contributed by atoms with van der Waals surface area (Å²) in [4.78, 5) is 7.00. The van der Waals surface area contributed by atoms with Gasteiger partial charge in [0.1, 0.15) is 11.3 Å². The number of fused-ring (bicyclic) bond motifs is 3. The third-order valence-corrected chi connectivity index (χ3v) is 4.88. The molecule has 0 radical (unpaired) electrons. The van der Waals surface area contributed by atoms with Crippen LogP contribution in [0.3, 0.4) is 0 Å². The van der Waals surface area contributed by atoms with Crippen molar-refractivity contribution < 1.29 is 5.11 Å². The zero-order valence-electron chi connectivity index (χ0n) is 14.7. The summed E-state index contributed by atoms with van der Waals surface area (Å²) in [6, 6.07) is 10.5. The zero-order chi connectivity index (χ0) is 17.9. The highest BCUT2D eigenvalue weighted by molar-refractivity contribution is 5.90. The highest BCUT2D eigenvalue weighted by Gasteiger charge is 2.24. The molecule has 26 heavy (non-hydrogen) atoms. The van der Waals surface area contributed by atoms with Crippen LogP contribution in [0.2, 0.25) is 0 Å². The lowest BCUT2D eigenvalue weighted by Gasteiger charge is -2.29. The van der Waals surface area contributed by atoms with E-state index in [9.17, 15) is 0 Å². The Hall–Kier alpha value is -2.64. The first kappa shape index (κ1) is 16.8. The number of nitrogens with zero attached hydrogens (tertiary/aromatic N) is 3. The standard InChI is InChI=1S/C19H24N6O/c20-18-14-7-9-25(11-13-5-2-1-3-6-13)12-15(14)16-17(22-18)19(24-23-16)21-8-4-10-26/h1-3,5-6,26H,4,7-12H2,(H2,20,22)(H2,21,23,24). The summed E-state index contributed by atoms with van der Waals surface area (Å²) in [6.07, 6.45) is 1.56. The minimum atomic E-state index is 0.148. The smallest absolute Gasteiger partial charge is 0.174 e. The summed E-state index contributed by atoms with van der Waals surface area (Å²) in [6.45, 7) is 3.50. The van der Waals surface area contributed by atoms with Gasteiger partial charge in [-0.3, -0.25) is 10.00 Å². The fourth-order valence-electron chi connectivity index (χ4n) is 3.56. The van der Waals surface area contributed by atoms with Crippen molar-refractivity contribution in [3.8, 4) is 0 Å². The number of rotatable bonds is 6. The van der Waals surface area contributed by atoms with Crippen molar-refractivity contribution in [2.45, 2.75) is 25.9 Å². The van der Waals surface area contributed by atoms with Gasteiger partial charge in [0.2, 0.25) is 0 Å². The maximum absolute atomic E-state index is 8.95. The minimum absolute atomic E-state index is 0.148. The van der Waals surface area contributed by atoms with Crippen LogP contribution in [0, 0.1) is 0 Å². The Morgan fingerprint density at radius 3 is 2.88 bits per heavy atom. The summed E-state index contributed by atoms with van der Waals surface area (Å²) < 4.78 is 0. The second kappa shape index (κ2) is 7.31. The van der Waals surface area contributed by atoms with Crippen LogP contribution >= 0.6 is 0 Å². The SMILES string of the molecule is Nc1nc2c(NCCCO)n[nH]c2c2c1CCN(Cc1ccccc1)C2. The van der Waals surface area contributed by atoms with Crippen molar-refractivity contribution in [2.24, 2.45) is 0 Å². The maximum atomic E-state index is 8.95. The van der Waals surface area contributed by atoms with Crippen molar-refractivity contribution >= 4 is 22.7 Å². The molecule has 0 unspecified atom stereocenters. The number of nitrogen functional groups attached to an aromatic ring is 1. The van der Waals surface area contributed by atoms with Gasteiger partial charge in [-0.2, -0.15) is 5.10 Å². The number of aliphatic hydroxyl groups is 1. The summed E-state index contributed by atoms with van der Waals surface area (Å²) in [5, 5.41) is 19.7. The van der Waals surface area contributed by atoms with Crippen molar-refractivity contribution in [2.75, 3.05) is 30.7 Å². The lowest BCUT2D eigenvalue weighted by atomic mass is 9.98. The van der Waals surface area contributed by atoms with E-state index in [4.69, 9.17) is 10.8 Å². The van der Waals surface area contributed by atoms with Gasteiger partial charge < -0.3 is 16.2 Å². The van der Waals surface area contributed by atoms with Gasteiger partial charge in [0.05, 0.1) is 5.52 Å². The highest BCUT2D eigenvalue weighted by Crippen LogP contribution is 2.32. The van der Waals surface area contributed by atoms with E-state index in [0.717, 1.165) is 42.7 Å². The summed E-state index contributed by atoms with van der Waals surface area (Å²) >= 11 is 0. The number of nitrogens with one attached hydrogen (secondary N) is 2. The third kappa shape index (κ3) is 3.23. The Kier molecular flexibility index (Phi) is 4.73. The van der Waals surface area contributed by atoms with E-state index >= 15 is 0 Å². The summed E-state index contributed by atoms with van der Waals surface area (Å²) in [5.41, 5.74) is 11.6. The first-order valence-electron chi connectivity index (χ1n) is 9.02. The van der Waals surface area contributed by atoms with Gasteiger partial charge in [-0.1, -0.05) is 30.3 Å². The van der Waals surface area contributed by atoms with E-state index in [1.807, 2.05) is 6.07 Å². The van der Waals surface area contributed by atoms with Crippen LogP contribution in [-0.2, 0) is 19.5 Å². The number of pyridine rings is 1. The molecule has 0 atom stereocenters. The Bertz CT molecular complexity index is 892. The lowest BCUT2D eigenvalue weighted by Crippen LogP contribution is -2.31. The van der Waals surface area contributed by atoms with Crippen LogP contribution in [-0.4, -0.2) is 44.9 Å². The fourth-order valence-corrected chi connectivity index (χ4v) is 3.56. The largest absolute Gasteiger partial charge is 0.396 e. The number of benzene rings is 1. The molecule has 3 aromatic rings. The molecule has 0 saturated heterocycles. The van der Waals surface area contributed by atoms with Gasteiger partial charge in [0.25, 0.3) is 0 Å². The Morgan fingerprint density at radius 2 is 2.08 bits per heavy atom. The van der Waals surface area contributed by atoms with Gasteiger partial charge in [0.15, 0.2) is 5.82 Å². The van der Waals surface area contributed by atoms with Crippen LogP contribution in [0.1, 0.15) is 23.1 Å². The average Bonchev–Trinajstić information content (AvgIpc) is 3.06. The molecule has 5 N–H and O–H groups in total. The molecule has 0 bridgehead atoms. The van der Waals surface area contributed by atoms with Crippen LogP contribution < -0.4 is 11.1 Å². The van der Waals surface area contributed by atoms with E-state index < -0.39 is 0 Å². The summed E-state index contributed by atoms with van der Waals surface area (Å²) in [5.74, 6) is 1.29. The molecule has 0 spiro atoms. The van der Waals surface area contributed by atoms with Crippen LogP contribution in [0.25, 0.3) is 11.0 Å². The molecule has 7 nitrogen and oxygen atoms in total. The molecule has 3 heterocycles. The number of aromatic amines is 1. The van der Waals surface area contributed by atoms with E-state index in [-0.39, 0.29) is 6.61 Å². The zero-order valence-corrected chi connectivity index (χ0v) is 14.7. The van der Waals surface area contributed by atoms with Crippen molar-refractivity contribution in [3.05, 3.63) is 47.0 Å². The minimum Gasteiger partial charge on any atom is -0.396 e. The Morgan fingerprint density at radius 1 is 1.23 bits per heavy atom. The van der Waals surface area contributed by atoms with E-state index in [0.29, 0.717) is 24.6 Å². The predicted molar refractivity (Wildman–Crippen MR) is 103 cm³/mol. The number of nitrogens with two attached hydrogens (primary N) is 1. The van der Waals surface area contributed by atoms with Crippen LogP contribution in [0.15, 0.2) is 30.3 Å². The van der Waals surface area contributed by atoms with Gasteiger partial charge >= 0.3 is 0 Å². The summed E-state index contributed by atoms with van der Waals surface area (Å²) in [7, 11) is 0. The molecule has 7 heteroatoms. The van der Waals surface area contributed by atoms with E-state index in [1.165, 1.54) is 11.1 Å². The molecule has 1 aliphatic heterocycles. The Balaban J connectivity index is 1.62. The Labute approximate surface area is 152 Å². The van der Waals surface area contributed by atoms with Crippen molar-refractivity contribution in [1.82, 2.24) is 20.1 Å². The molecule has 136 valence electrons. The molecule has 2 aromatic heterocycles. The average molecular weight is 352 g/mol. The first-order chi connectivity index (χ1) is 12.8. The normalized spacial score (nSPS) is 14.5. The predicted octanol–water partition coefficient (Wildman–Crippen LogP) is 1.89. The van der Waals surface area contributed by atoms with Gasteiger partial charge in [0, 0.05) is 43.9 Å². The van der Waals surface area contributed by atoms with Gasteiger partial charge in [-0.15, -0.1) is 0 Å². The monoisotopic (exact) mass is 352 g/mol. The molecule has 4 rings (SSSR count). The fraction of sp³-hybridized carbons (Fsp3) is 0.368. The molecule has 0 aliphatic carbocycles. The topological polar surface area (TPSA) is 103 Å². The molecular formula is C19H24N6O. The number of aliphatic hydroxyl groups excluding tert-OH is 1. The molecule has 0 fully saturated rings. The van der Waals surface area contributed by atoms with Crippen LogP contribution in [0.5, 0.6) is 0 Å². The van der Waals surface area contributed by atoms with E-state index in [1.54, 1.807) is 0 Å². The number of aromatic nitrogens is 3. The quantitative estimate of drug-likeness (QED) is 0.505. The van der Waals surface area contributed by atoms with Crippen molar-refractivity contribution in [1.29, 1.82) is 0 Å². The lowest BCUT2D eigenvalue weighted by molar-refractivity contribution is 0.247. The maximum Gasteiger partial charge on any atom is 0.174 e. The molecule has 0 amide bonds. The molecular weight excluding hydrogens is 328 g/mol. The molecule has 1 aromatic carbocycles. The van der Waals surface area contributed by atoms with Gasteiger partial charge in [-0.05, 0) is 18.4 Å². The number of hydrogen-bond donors (Lipinski definition) is 4. The second-order valence-electron chi connectivity index (χ2n) is 6.70. The van der Waals surface area contributed by atoms with Gasteiger partial charge in [-0.25, -0.2) is 4.98 Å². The van der Waals surface area contributed by atoms with Crippen molar-refractivity contribution in [3.63, 3.8) is 0 Å². The van der Waals surface area contributed by atoms with Crippen LogP contribution in [0.4, 0.5) is 11.6 Å². The molecule has 0 saturated carbocycles. The molecule has 1 aliphatic rings. The first-order valence-corrected chi connectivity index (χ1v) is 9.02.